The molecule has 0 bridgehead atoms. The molecule has 0 fully saturated rings. The van der Waals surface area contributed by atoms with Crippen LogP contribution in [0.15, 0.2) is 42.5 Å². The lowest BCUT2D eigenvalue weighted by Gasteiger charge is -2.10. The lowest BCUT2D eigenvalue weighted by Crippen LogP contribution is -2.19. The van der Waals surface area contributed by atoms with Gasteiger partial charge in [-0.3, -0.25) is 4.79 Å². The molecule has 0 spiro atoms. The minimum atomic E-state index is -0.458. The minimum absolute atomic E-state index is 0.0252. The van der Waals surface area contributed by atoms with Crippen LogP contribution in [-0.4, -0.2) is 11.9 Å². The zero-order chi connectivity index (χ0) is 13.0. The molecule has 0 radical (unpaired) electrons. The van der Waals surface area contributed by atoms with Gasteiger partial charge in [0.05, 0.1) is 15.8 Å². The fraction of sp³-hybridized carbons (Fsp3) is 0.214. The van der Waals surface area contributed by atoms with Crippen LogP contribution in [0, 0.1) is 0 Å². The molecular weight excluding hydrogens is 268 g/mol. The zero-order valence-corrected chi connectivity index (χ0v) is 11.5. The van der Waals surface area contributed by atoms with Gasteiger partial charge in [0.25, 0.3) is 0 Å². The minimum Gasteiger partial charge on any atom is -0.366 e. The first-order chi connectivity index (χ1) is 8.66. The van der Waals surface area contributed by atoms with Gasteiger partial charge in [-0.15, -0.1) is 11.3 Å². The Bertz CT molecular complexity index is 522. The molecule has 0 saturated carbocycles. The highest BCUT2D eigenvalue weighted by atomic mass is 35.5. The van der Waals surface area contributed by atoms with Gasteiger partial charge in [-0.1, -0.05) is 41.9 Å². The number of carbonyl (C=O) groups is 1. The van der Waals surface area contributed by atoms with Crippen molar-refractivity contribution in [2.75, 3.05) is 0 Å². The Balaban J connectivity index is 1.92. The summed E-state index contributed by atoms with van der Waals surface area (Å²) in [4.78, 5) is 12.6. The van der Waals surface area contributed by atoms with Gasteiger partial charge < -0.3 is 4.74 Å². The number of hydrogen-bond donors (Lipinski definition) is 0. The Morgan fingerprint density at radius 3 is 2.61 bits per heavy atom. The Labute approximate surface area is 115 Å². The van der Waals surface area contributed by atoms with Crippen LogP contribution < -0.4 is 0 Å². The SMILES string of the molecule is CC(OCc1ccccc1)C(=O)c1ccc(Cl)s1. The summed E-state index contributed by atoms with van der Waals surface area (Å²) in [5.41, 5.74) is 1.06. The summed E-state index contributed by atoms with van der Waals surface area (Å²) in [6.45, 7) is 2.20. The number of carbonyl (C=O) groups excluding carboxylic acids is 1. The highest BCUT2D eigenvalue weighted by Crippen LogP contribution is 2.23. The van der Waals surface area contributed by atoms with E-state index in [4.69, 9.17) is 16.3 Å². The van der Waals surface area contributed by atoms with Gasteiger partial charge in [-0.25, -0.2) is 0 Å². The molecule has 0 saturated heterocycles. The van der Waals surface area contributed by atoms with E-state index in [1.165, 1.54) is 11.3 Å². The second kappa shape index (κ2) is 6.14. The van der Waals surface area contributed by atoms with Crippen molar-refractivity contribution >= 4 is 28.7 Å². The fourth-order valence-electron chi connectivity index (χ4n) is 1.52. The first kappa shape index (κ1) is 13.3. The molecule has 2 rings (SSSR count). The number of Topliss-reactive ketones (excluding diaryl/α,β-unsaturated/α-hetero) is 1. The van der Waals surface area contributed by atoms with Crippen molar-refractivity contribution in [1.29, 1.82) is 0 Å². The first-order valence-corrected chi connectivity index (χ1v) is 6.81. The molecule has 1 unspecified atom stereocenters. The highest BCUT2D eigenvalue weighted by Gasteiger charge is 2.17. The summed E-state index contributed by atoms with van der Waals surface area (Å²) in [5.74, 6) is -0.0252. The predicted octanol–water partition coefficient (Wildman–Crippen LogP) is 4.19. The molecule has 0 aliphatic rings. The van der Waals surface area contributed by atoms with Crippen molar-refractivity contribution in [1.82, 2.24) is 0 Å². The molecule has 0 aliphatic carbocycles. The molecule has 2 aromatic rings. The number of ether oxygens (including phenoxy) is 1. The molecule has 18 heavy (non-hydrogen) atoms. The monoisotopic (exact) mass is 280 g/mol. The van der Waals surface area contributed by atoms with E-state index in [9.17, 15) is 4.79 Å². The molecule has 4 heteroatoms. The summed E-state index contributed by atoms with van der Waals surface area (Å²) < 4.78 is 6.19. The molecule has 94 valence electrons. The number of thiophene rings is 1. The van der Waals surface area contributed by atoms with E-state index in [0.717, 1.165) is 5.56 Å². The van der Waals surface area contributed by atoms with Crippen LogP contribution in [0.3, 0.4) is 0 Å². The summed E-state index contributed by atoms with van der Waals surface area (Å²) in [6.07, 6.45) is -0.458. The van der Waals surface area contributed by atoms with Gasteiger partial charge in [-0.05, 0) is 24.6 Å². The molecule has 1 aromatic carbocycles. The van der Waals surface area contributed by atoms with Crippen LogP contribution in [-0.2, 0) is 11.3 Å². The highest BCUT2D eigenvalue weighted by molar-refractivity contribution is 7.18. The Kier molecular flexibility index (Phi) is 4.53. The van der Waals surface area contributed by atoms with Crippen molar-refractivity contribution < 1.29 is 9.53 Å². The van der Waals surface area contributed by atoms with Gasteiger partial charge in [0.1, 0.15) is 6.10 Å². The van der Waals surface area contributed by atoms with E-state index >= 15 is 0 Å². The number of benzene rings is 1. The lowest BCUT2D eigenvalue weighted by atomic mass is 10.2. The van der Waals surface area contributed by atoms with E-state index in [0.29, 0.717) is 15.8 Å². The van der Waals surface area contributed by atoms with Crippen LogP contribution in [0.25, 0.3) is 0 Å². The van der Waals surface area contributed by atoms with Crippen molar-refractivity contribution in [3.05, 3.63) is 57.2 Å². The normalized spacial score (nSPS) is 12.3. The third-order valence-electron chi connectivity index (χ3n) is 2.53. The maximum absolute atomic E-state index is 12.0. The van der Waals surface area contributed by atoms with Crippen LogP contribution in [0.1, 0.15) is 22.2 Å². The van der Waals surface area contributed by atoms with Crippen molar-refractivity contribution in [2.45, 2.75) is 19.6 Å². The number of halogens is 1. The second-order valence-corrected chi connectivity index (χ2v) is 5.62. The van der Waals surface area contributed by atoms with E-state index < -0.39 is 6.10 Å². The molecule has 1 atom stereocenters. The number of rotatable bonds is 5. The van der Waals surface area contributed by atoms with Gasteiger partial charge >= 0.3 is 0 Å². The average Bonchev–Trinajstić information content (AvgIpc) is 2.83. The van der Waals surface area contributed by atoms with Crippen LogP contribution >= 0.6 is 22.9 Å². The fourth-order valence-corrected chi connectivity index (χ4v) is 2.58. The first-order valence-electron chi connectivity index (χ1n) is 5.62. The summed E-state index contributed by atoms with van der Waals surface area (Å²) >= 11 is 7.09. The third kappa shape index (κ3) is 3.42. The Hall–Kier alpha value is -1.16. The van der Waals surface area contributed by atoms with E-state index in [2.05, 4.69) is 0 Å². The van der Waals surface area contributed by atoms with E-state index in [1.54, 1.807) is 19.1 Å². The molecule has 0 N–H and O–H groups in total. The maximum Gasteiger partial charge on any atom is 0.201 e. The predicted molar refractivity (Wildman–Crippen MR) is 74.4 cm³/mol. The standard InChI is InChI=1S/C14H13ClO2S/c1-10(14(16)12-7-8-13(15)18-12)17-9-11-5-3-2-4-6-11/h2-8,10H,9H2,1H3. The van der Waals surface area contributed by atoms with Gasteiger partial charge in [0.15, 0.2) is 0 Å². The largest absolute Gasteiger partial charge is 0.366 e. The van der Waals surface area contributed by atoms with Crippen molar-refractivity contribution in [3.63, 3.8) is 0 Å². The van der Waals surface area contributed by atoms with Crippen LogP contribution in [0.5, 0.6) is 0 Å². The smallest absolute Gasteiger partial charge is 0.201 e. The zero-order valence-electron chi connectivity index (χ0n) is 9.93. The molecule has 0 amide bonds. The summed E-state index contributed by atoms with van der Waals surface area (Å²) in [7, 11) is 0. The molecule has 2 nitrogen and oxygen atoms in total. The Morgan fingerprint density at radius 1 is 1.28 bits per heavy atom. The third-order valence-corrected chi connectivity index (χ3v) is 3.77. The molecular formula is C14H13ClO2S. The van der Waals surface area contributed by atoms with Gasteiger partial charge in [0.2, 0.25) is 5.78 Å². The second-order valence-electron chi connectivity index (χ2n) is 3.91. The van der Waals surface area contributed by atoms with Crippen LogP contribution in [0.2, 0.25) is 4.34 Å². The van der Waals surface area contributed by atoms with Crippen LogP contribution in [0.4, 0.5) is 0 Å². The average molecular weight is 281 g/mol. The summed E-state index contributed by atoms with van der Waals surface area (Å²) in [6, 6.07) is 13.2. The lowest BCUT2D eigenvalue weighted by molar-refractivity contribution is 0.0416. The van der Waals surface area contributed by atoms with E-state index in [1.807, 2.05) is 30.3 Å². The quantitative estimate of drug-likeness (QED) is 0.768. The maximum atomic E-state index is 12.0. The van der Waals surface area contributed by atoms with Crippen molar-refractivity contribution in [2.24, 2.45) is 0 Å². The van der Waals surface area contributed by atoms with Crippen molar-refractivity contribution in [3.8, 4) is 0 Å². The number of hydrogen-bond acceptors (Lipinski definition) is 3. The molecule has 1 aromatic heterocycles. The number of ketones is 1. The molecule has 0 aliphatic heterocycles. The molecule has 1 heterocycles. The summed E-state index contributed by atoms with van der Waals surface area (Å²) in [5, 5.41) is 0. The van der Waals surface area contributed by atoms with E-state index in [-0.39, 0.29) is 5.78 Å². The topological polar surface area (TPSA) is 26.3 Å². The Morgan fingerprint density at radius 2 is 2.00 bits per heavy atom. The van der Waals surface area contributed by atoms with Gasteiger partial charge in [-0.2, -0.15) is 0 Å². The van der Waals surface area contributed by atoms with Gasteiger partial charge in [0, 0.05) is 0 Å².